The third-order valence-electron chi connectivity index (χ3n) is 4.28. The molecule has 2 unspecified atom stereocenters. The van der Waals surface area contributed by atoms with Crippen LogP contribution >= 0.6 is 0 Å². The van der Waals surface area contributed by atoms with Gasteiger partial charge in [-0.05, 0) is 44.5 Å². The summed E-state index contributed by atoms with van der Waals surface area (Å²) in [6, 6.07) is 5.47. The minimum Gasteiger partial charge on any atom is -0.368 e. The van der Waals surface area contributed by atoms with Crippen LogP contribution in [0.3, 0.4) is 0 Å². The van der Waals surface area contributed by atoms with Crippen molar-refractivity contribution in [2.45, 2.75) is 25.8 Å². The Morgan fingerprint density at radius 1 is 1.43 bits per heavy atom. The molecule has 1 saturated heterocycles. The summed E-state index contributed by atoms with van der Waals surface area (Å²) < 4.78 is 14.4. The molecule has 1 amide bonds. The van der Waals surface area contributed by atoms with E-state index in [4.69, 9.17) is 0 Å². The maximum absolute atomic E-state index is 14.4. The molecule has 4 nitrogen and oxygen atoms in total. The number of halogens is 1. The summed E-state index contributed by atoms with van der Waals surface area (Å²) in [7, 11) is 3.50. The van der Waals surface area contributed by atoms with E-state index in [0.29, 0.717) is 12.2 Å². The predicted octanol–water partition coefficient (Wildman–Crippen LogP) is 2.07. The summed E-state index contributed by atoms with van der Waals surface area (Å²) >= 11 is 0. The van der Waals surface area contributed by atoms with Crippen LogP contribution in [0.1, 0.15) is 31.4 Å². The molecule has 0 aromatic heterocycles. The molecule has 1 aromatic carbocycles. The first-order valence-electron chi connectivity index (χ1n) is 7.50. The van der Waals surface area contributed by atoms with Crippen molar-refractivity contribution in [3.63, 3.8) is 0 Å². The number of hydrogen-bond acceptors (Lipinski definition) is 3. The van der Waals surface area contributed by atoms with Gasteiger partial charge in [0.05, 0.1) is 11.6 Å². The summed E-state index contributed by atoms with van der Waals surface area (Å²) in [4.78, 5) is 13.7. The minimum absolute atomic E-state index is 0.0422. The Balaban J connectivity index is 2.16. The molecule has 21 heavy (non-hydrogen) atoms. The van der Waals surface area contributed by atoms with Gasteiger partial charge in [-0.15, -0.1) is 0 Å². The van der Waals surface area contributed by atoms with Crippen molar-refractivity contribution in [2.75, 3.05) is 32.1 Å². The zero-order chi connectivity index (χ0) is 15.4. The molecule has 1 fully saturated rings. The van der Waals surface area contributed by atoms with Crippen LogP contribution in [0.5, 0.6) is 0 Å². The molecule has 0 radical (unpaired) electrons. The smallest absolute Gasteiger partial charge is 0.224 e. The number of carbonyl (C=O) groups is 1. The van der Waals surface area contributed by atoms with Crippen LogP contribution in [0.25, 0.3) is 0 Å². The van der Waals surface area contributed by atoms with Crippen LogP contribution in [0.4, 0.5) is 10.1 Å². The van der Waals surface area contributed by atoms with E-state index in [2.05, 4.69) is 10.6 Å². The number of hydrogen-bond donors (Lipinski definition) is 2. The molecule has 2 atom stereocenters. The van der Waals surface area contributed by atoms with E-state index in [-0.39, 0.29) is 23.7 Å². The largest absolute Gasteiger partial charge is 0.368 e. The van der Waals surface area contributed by atoms with Gasteiger partial charge in [0.25, 0.3) is 0 Å². The number of anilines is 1. The summed E-state index contributed by atoms with van der Waals surface area (Å²) in [5.74, 6) is -0.230. The lowest BCUT2D eigenvalue weighted by molar-refractivity contribution is -0.124. The highest BCUT2D eigenvalue weighted by atomic mass is 19.1. The van der Waals surface area contributed by atoms with Crippen molar-refractivity contribution in [3.05, 3.63) is 29.6 Å². The molecular weight excluding hydrogens is 269 g/mol. The first kappa shape index (κ1) is 15.8. The highest BCUT2D eigenvalue weighted by Gasteiger charge is 2.26. The summed E-state index contributed by atoms with van der Waals surface area (Å²) in [5, 5.41) is 5.79. The number of rotatable bonds is 4. The van der Waals surface area contributed by atoms with Crippen LogP contribution in [0.15, 0.2) is 18.2 Å². The topological polar surface area (TPSA) is 44.4 Å². The van der Waals surface area contributed by atoms with E-state index >= 15 is 0 Å². The number of benzene rings is 1. The first-order valence-corrected chi connectivity index (χ1v) is 7.50. The molecule has 2 N–H and O–H groups in total. The second-order valence-corrected chi connectivity index (χ2v) is 5.62. The van der Waals surface area contributed by atoms with Crippen molar-refractivity contribution in [3.8, 4) is 0 Å². The molecule has 1 heterocycles. The van der Waals surface area contributed by atoms with Gasteiger partial charge >= 0.3 is 0 Å². The number of carbonyl (C=O) groups excluding carboxylic acids is 1. The van der Waals surface area contributed by atoms with Crippen LogP contribution in [0, 0.1) is 11.7 Å². The maximum atomic E-state index is 14.4. The molecule has 0 aliphatic carbocycles. The molecule has 0 spiro atoms. The Morgan fingerprint density at radius 3 is 2.81 bits per heavy atom. The van der Waals surface area contributed by atoms with Crippen molar-refractivity contribution in [1.82, 2.24) is 10.6 Å². The van der Waals surface area contributed by atoms with Crippen molar-refractivity contribution >= 4 is 11.6 Å². The Labute approximate surface area is 125 Å². The van der Waals surface area contributed by atoms with Crippen molar-refractivity contribution in [2.24, 2.45) is 5.92 Å². The van der Waals surface area contributed by atoms with Crippen molar-refractivity contribution in [1.29, 1.82) is 0 Å². The van der Waals surface area contributed by atoms with E-state index in [0.717, 1.165) is 24.9 Å². The summed E-state index contributed by atoms with van der Waals surface area (Å²) in [6.07, 6.45) is 1.78. The third kappa shape index (κ3) is 3.53. The van der Waals surface area contributed by atoms with Gasteiger partial charge in [0.2, 0.25) is 5.91 Å². The van der Waals surface area contributed by atoms with Gasteiger partial charge in [-0.2, -0.15) is 0 Å². The van der Waals surface area contributed by atoms with Crippen LogP contribution in [0.2, 0.25) is 0 Å². The molecule has 0 saturated carbocycles. The lowest BCUT2D eigenvalue weighted by Gasteiger charge is -2.34. The lowest BCUT2D eigenvalue weighted by Crippen LogP contribution is -2.42. The zero-order valence-electron chi connectivity index (χ0n) is 12.9. The Morgan fingerprint density at radius 2 is 2.19 bits per heavy atom. The molecule has 5 heteroatoms. The Kier molecular flexibility index (Phi) is 5.17. The van der Waals surface area contributed by atoms with E-state index in [9.17, 15) is 9.18 Å². The van der Waals surface area contributed by atoms with Gasteiger partial charge in [-0.3, -0.25) is 4.79 Å². The van der Waals surface area contributed by atoms with E-state index in [1.54, 1.807) is 13.1 Å². The van der Waals surface area contributed by atoms with Gasteiger partial charge in [0.1, 0.15) is 5.82 Å². The van der Waals surface area contributed by atoms with Crippen molar-refractivity contribution < 1.29 is 9.18 Å². The van der Waals surface area contributed by atoms with Gasteiger partial charge in [0, 0.05) is 26.2 Å². The fraction of sp³-hybridized carbons (Fsp3) is 0.562. The van der Waals surface area contributed by atoms with E-state index < -0.39 is 0 Å². The van der Waals surface area contributed by atoms with Gasteiger partial charge in [0.15, 0.2) is 0 Å². The number of nitrogens with zero attached hydrogens (tertiary/aromatic N) is 1. The molecule has 1 aliphatic heterocycles. The van der Waals surface area contributed by atoms with Gasteiger partial charge in [-0.1, -0.05) is 6.07 Å². The van der Waals surface area contributed by atoms with E-state index in [1.165, 1.54) is 0 Å². The number of piperidine rings is 1. The predicted molar refractivity (Wildman–Crippen MR) is 82.9 cm³/mol. The average molecular weight is 293 g/mol. The minimum atomic E-state index is -0.216. The standard InChI is InChI=1S/C16H24FN3O/c1-11(18-2)12-6-7-15(14(17)9-12)20-8-4-5-13(10-20)16(21)19-3/h6-7,9,11,13,18H,4-5,8,10H2,1-3H3,(H,19,21). The van der Waals surface area contributed by atoms with Crippen LogP contribution in [-0.4, -0.2) is 33.1 Å². The second kappa shape index (κ2) is 6.89. The SMILES string of the molecule is CNC(=O)C1CCCN(c2ccc(C(C)NC)cc2F)C1. The zero-order valence-corrected chi connectivity index (χ0v) is 12.9. The summed E-state index contributed by atoms with van der Waals surface area (Å²) in [5.41, 5.74) is 1.52. The maximum Gasteiger partial charge on any atom is 0.224 e. The first-order chi connectivity index (χ1) is 10.1. The normalized spacial score (nSPS) is 20.2. The fourth-order valence-electron chi connectivity index (χ4n) is 2.83. The number of nitrogens with one attached hydrogen (secondary N) is 2. The number of amides is 1. The molecular formula is C16H24FN3O. The van der Waals surface area contributed by atoms with E-state index in [1.807, 2.05) is 31.0 Å². The highest BCUT2D eigenvalue weighted by molar-refractivity contribution is 5.79. The van der Waals surface area contributed by atoms with Gasteiger partial charge < -0.3 is 15.5 Å². The van der Waals surface area contributed by atoms with Gasteiger partial charge in [-0.25, -0.2) is 4.39 Å². The monoisotopic (exact) mass is 293 g/mol. The molecule has 0 bridgehead atoms. The fourth-order valence-corrected chi connectivity index (χ4v) is 2.83. The summed E-state index contributed by atoms with van der Waals surface area (Å²) in [6.45, 7) is 3.37. The molecule has 116 valence electrons. The van der Waals surface area contributed by atoms with Crippen LogP contribution < -0.4 is 15.5 Å². The Hall–Kier alpha value is -1.62. The van der Waals surface area contributed by atoms with Crippen LogP contribution in [-0.2, 0) is 4.79 Å². The molecule has 1 aromatic rings. The molecule has 2 rings (SSSR count). The quantitative estimate of drug-likeness (QED) is 0.893. The second-order valence-electron chi connectivity index (χ2n) is 5.62. The Bertz CT molecular complexity index is 506. The highest BCUT2D eigenvalue weighted by Crippen LogP contribution is 2.27. The lowest BCUT2D eigenvalue weighted by atomic mass is 9.96. The average Bonchev–Trinajstić information content (AvgIpc) is 2.53. The molecule has 1 aliphatic rings. The third-order valence-corrected chi connectivity index (χ3v) is 4.28.